The lowest BCUT2D eigenvalue weighted by Gasteiger charge is -2.34. The second-order valence-electron chi connectivity index (χ2n) is 22.0. The van der Waals surface area contributed by atoms with Crippen LogP contribution in [-0.2, 0) is 27.7 Å². The summed E-state index contributed by atoms with van der Waals surface area (Å²) in [5.74, 6) is 1.85. The van der Waals surface area contributed by atoms with Gasteiger partial charge in [0.2, 0.25) is 0 Å². The molecule has 0 aliphatic heterocycles. The molecule has 7 aromatic rings. The number of rotatable bonds is 22. The Morgan fingerprint density at radius 3 is 1.35 bits per heavy atom. The molecular formula is C67H74O4. The topological polar surface area (TPSA) is 36.9 Å². The molecule has 4 heteroatoms. The minimum Gasteiger partial charge on any atom is -0.488 e. The average Bonchev–Trinajstić information content (AvgIpc) is 3.70. The van der Waals surface area contributed by atoms with E-state index in [1.807, 2.05) is 12.2 Å². The van der Waals surface area contributed by atoms with Crippen molar-refractivity contribution in [2.75, 3.05) is 13.2 Å². The summed E-state index contributed by atoms with van der Waals surface area (Å²) in [7, 11) is 0. The maximum atomic E-state index is 6.77. The van der Waals surface area contributed by atoms with Gasteiger partial charge in [-0.25, -0.2) is 0 Å². The molecule has 0 heterocycles. The first kappa shape index (κ1) is 50.9. The van der Waals surface area contributed by atoms with E-state index >= 15 is 0 Å². The third kappa shape index (κ3) is 12.7. The largest absolute Gasteiger partial charge is 0.488 e. The highest BCUT2D eigenvalue weighted by Crippen LogP contribution is 2.57. The van der Waals surface area contributed by atoms with Crippen molar-refractivity contribution in [2.24, 2.45) is 0 Å². The van der Waals surface area contributed by atoms with E-state index in [1.54, 1.807) is 0 Å². The van der Waals surface area contributed by atoms with Gasteiger partial charge in [0.15, 0.2) is 0 Å². The van der Waals surface area contributed by atoms with Crippen LogP contribution >= 0.6 is 0 Å². The van der Waals surface area contributed by atoms with E-state index < -0.39 is 16.6 Å². The maximum Gasteiger partial charge on any atom is 0.120 e. The van der Waals surface area contributed by atoms with Crippen molar-refractivity contribution in [3.8, 4) is 22.6 Å². The summed E-state index contributed by atoms with van der Waals surface area (Å²) in [5.41, 5.74) is 11.7. The van der Waals surface area contributed by atoms with Gasteiger partial charge in [0.05, 0.1) is 24.4 Å². The van der Waals surface area contributed by atoms with Gasteiger partial charge < -0.3 is 18.9 Å². The number of hydrogen-bond donors (Lipinski definition) is 0. The van der Waals surface area contributed by atoms with Crippen LogP contribution in [0.1, 0.15) is 131 Å². The standard InChI is InChI=1S/C67H74O4/c1-11-49-23-27-51(28-24-49)46-65(7,8)68-43-41-63(3,4)70-58-36-32-56(33-37-58)67(48-61(54-21-17-14-18-22-54)60-45-55(31-40-62(60)67)53-19-15-13-16-20-53)57-34-38-59(39-35-57)71-64(5,6)42-44-69-66(9,10)47-52-29-25-50(12-2)26-30-52/h11-40,45,61H,1-2,41-44,46-48H2,3-10H3. The van der Waals surface area contributed by atoms with E-state index in [0.29, 0.717) is 13.2 Å². The van der Waals surface area contributed by atoms with Gasteiger partial charge in [-0.05, 0) is 147 Å². The molecule has 7 aromatic carbocycles. The van der Waals surface area contributed by atoms with Gasteiger partial charge in [-0.2, -0.15) is 0 Å². The summed E-state index contributed by atoms with van der Waals surface area (Å²) in [6.07, 6.45) is 7.76. The fourth-order valence-corrected chi connectivity index (χ4v) is 10.4. The molecule has 0 amide bonds. The van der Waals surface area contributed by atoms with Crippen LogP contribution in [0.5, 0.6) is 11.5 Å². The normalized spacial score (nSPS) is 14.7. The molecule has 0 N–H and O–H groups in total. The van der Waals surface area contributed by atoms with Crippen LogP contribution < -0.4 is 9.47 Å². The Labute approximate surface area is 425 Å². The second kappa shape index (κ2) is 21.5. The Kier molecular flexibility index (Phi) is 15.4. The van der Waals surface area contributed by atoms with Crippen molar-refractivity contribution in [1.29, 1.82) is 0 Å². The molecule has 71 heavy (non-hydrogen) atoms. The Bertz CT molecular complexity index is 2710. The van der Waals surface area contributed by atoms with Gasteiger partial charge in [-0.1, -0.05) is 177 Å². The van der Waals surface area contributed by atoms with Gasteiger partial charge in [-0.15, -0.1) is 0 Å². The first-order valence-corrected chi connectivity index (χ1v) is 25.5. The lowest BCUT2D eigenvalue weighted by atomic mass is 9.69. The van der Waals surface area contributed by atoms with E-state index in [0.717, 1.165) is 54.7 Å². The lowest BCUT2D eigenvalue weighted by molar-refractivity contribution is -0.0405. The summed E-state index contributed by atoms with van der Waals surface area (Å²) in [6.45, 7) is 26.2. The molecule has 4 nitrogen and oxygen atoms in total. The quantitative estimate of drug-likeness (QED) is 0.0678. The number of fused-ring (bicyclic) bond motifs is 1. The zero-order valence-electron chi connectivity index (χ0n) is 43.5. The van der Waals surface area contributed by atoms with Crippen LogP contribution in [0.4, 0.5) is 0 Å². The zero-order valence-corrected chi connectivity index (χ0v) is 43.5. The molecular weight excluding hydrogens is 869 g/mol. The van der Waals surface area contributed by atoms with Crippen LogP contribution in [0.3, 0.4) is 0 Å². The molecule has 0 saturated carbocycles. The number of ether oxygens (including phenoxy) is 4. The molecule has 0 radical (unpaired) electrons. The predicted octanol–water partition coefficient (Wildman–Crippen LogP) is 16.7. The summed E-state index contributed by atoms with van der Waals surface area (Å²) in [6, 6.07) is 63.7. The van der Waals surface area contributed by atoms with Gasteiger partial charge in [0.25, 0.3) is 0 Å². The van der Waals surface area contributed by atoms with Crippen molar-refractivity contribution >= 4 is 12.2 Å². The molecule has 0 bridgehead atoms. The van der Waals surface area contributed by atoms with E-state index in [-0.39, 0.29) is 17.1 Å². The van der Waals surface area contributed by atoms with E-state index in [1.165, 1.54) is 50.1 Å². The number of hydrogen-bond acceptors (Lipinski definition) is 4. The third-order valence-electron chi connectivity index (χ3n) is 14.3. The molecule has 0 saturated heterocycles. The molecule has 1 aliphatic rings. The van der Waals surface area contributed by atoms with Gasteiger partial charge in [0, 0.05) is 37.0 Å². The molecule has 1 atom stereocenters. The highest BCUT2D eigenvalue weighted by Gasteiger charge is 2.47. The van der Waals surface area contributed by atoms with Crippen LogP contribution in [0.2, 0.25) is 0 Å². The minimum absolute atomic E-state index is 0.172. The smallest absolute Gasteiger partial charge is 0.120 e. The fourth-order valence-electron chi connectivity index (χ4n) is 10.4. The minimum atomic E-state index is -0.454. The maximum absolute atomic E-state index is 6.77. The summed E-state index contributed by atoms with van der Waals surface area (Å²) < 4.78 is 26.5. The highest BCUT2D eigenvalue weighted by molar-refractivity contribution is 5.70. The van der Waals surface area contributed by atoms with Crippen LogP contribution in [0.25, 0.3) is 23.3 Å². The first-order valence-electron chi connectivity index (χ1n) is 25.5. The van der Waals surface area contributed by atoms with Crippen LogP contribution in [0, 0.1) is 0 Å². The van der Waals surface area contributed by atoms with E-state index in [4.69, 9.17) is 18.9 Å². The SMILES string of the molecule is C=Cc1ccc(CC(C)(C)OCCC(C)(C)Oc2ccc(C3(c4ccc(OC(C)(C)CCOC(C)(C)Cc5ccc(C=C)cc5)cc4)CC(c4ccccc4)c4cc(-c5ccccc5)ccc43)cc2)cc1. The van der Waals surface area contributed by atoms with Crippen LogP contribution in [-0.4, -0.2) is 35.6 Å². The molecule has 1 unspecified atom stereocenters. The van der Waals surface area contributed by atoms with E-state index in [9.17, 15) is 0 Å². The molecule has 1 aliphatic carbocycles. The predicted molar refractivity (Wildman–Crippen MR) is 297 cm³/mol. The molecule has 0 spiro atoms. The van der Waals surface area contributed by atoms with Crippen molar-refractivity contribution < 1.29 is 18.9 Å². The van der Waals surface area contributed by atoms with Crippen molar-refractivity contribution in [2.45, 2.75) is 121 Å². The Morgan fingerprint density at radius 1 is 0.479 bits per heavy atom. The summed E-state index contributed by atoms with van der Waals surface area (Å²) in [4.78, 5) is 0. The molecule has 8 rings (SSSR count). The number of benzene rings is 7. The Balaban J connectivity index is 1.04. The van der Waals surface area contributed by atoms with Gasteiger partial charge >= 0.3 is 0 Å². The van der Waals surface area contributed by atoms with Gasteiger partial charge in [-0.3, -0.25) is 0 Å². The molecule has 0 aromatic heterocycles. The Hall–Kier alpha value is -6.46. The molecule has 0 fully saturated rings. The zero-order chi connectivity index (χ0) is 50.3. The summed E-state index contributed by atoms with van der Waals surface area (Å²) >= 11 is 0. The van der Waals surface area contributed by atoms with Crippen molar-refractivity contribution in [1.82, 2.24) is 0 Å². The fraction of sp³-hybridized carbons (Fsp3) is 0.313. The highest BCUT2D eigenvalue weighted by atomic mass is 16.5. The monoisotopic (exact) mass is 943 g/mol. The third-order valence-corrected chi connectivity index (χ3v) is 14.3. The average molecular weight is 943 g/mol. The van der Waals surface area contributed by atoms with Crippen molar-refractivity contribution in [3.63, 3.8) is 0 Å². The van der Waals surface area contributed by atoms with Crippen molar-refractivity contribution in [3.05, 3.63) is 239 Å². The lowest BCUT2D eigenvalue weighted by Crippen LogP contribution is -2.34. The Morgan fingerprint density at radius 2 is 0.915 bits per heavy atom. The summed E-state index contributed by atoms with van der Waals surface area (Å²) in [5, 5.41) is 0. The first-order chi connectivity index (χ1) is 34.0. The van der Waals surface area contributed by atoms with Gasteiger partial charge in [0.1, 0.15) is 22.7 Å². The second-order valence-corrected chi connectivity index (χ2v) is 22.0. The molecule has 366 valence electrons. The van der Waals surface area contributed by atoms with E-state index in [2.05, 4.69) is 244 Å². The van der Waals surface area contributed by atoms with Crippen LogP contribution in [0.15, 0.2) is 189 Å².